The Hall–Kier alpha value is -2.08. The van der Waals surface area contributed by atoms with Crippen molar-refractivity contribution in [2.24, 2.45) is 0 Å². The Morgan fingerprint density at radius 2 is 1.92 bits per heavy atom. The van der Waals surface area contributed by atoms with E-state index in [1.165, 1.54) is 0 Å². The number of carbonyl (C=O) groups is 1. The van der Waals surface area contributed by atoms with Crippen LogP contribution in [0.15, 0.2) is 46.9 Å². The molecule has 0 aliphatic heterocycles. The lowest BCUT2D eigenvalue weighted by Crippen LogP contribution is -2.34. The van der Waals surface area contributed by atoms with Gasteiger partial charge in [0.1, 0.15) is 5.58 Å². The van der Waals surface area contributed by atoms with Crippen LogP contribution >= 0.6 is 35.4 Å². The minimum atomic E-state index is -0.431. The predicted molar refractivity (Wildman–Crippen MR) is 101 cm³/mol. The van der Waals surface area contributed by atoms with Crippen LogP contribution in [0.3, 0.4) is 0 Å². The van der Waals surface area contributed by atoms with E-state index in [1.54, 1.807) is 24.3 Å². The molecule has 0 aliphatic carbocycles. The number of halogens is 2. The second-order valence-corrected chi connectivity index (χ2v) is 6.34. The number of fused-ring (bicyclic) bond motifs is 1. The first-order valence-electron chi connectivity index (χ1n) is 7.01. The Bertz CT molecular complexity index is 953. The zero-order valence-corrected chi connectivity index (χ0v) is 14.9. The van der Waals surface area contributed by atoms with Gasteiger partial charge >= 0.3 is 0 Å². The topological polar surface area (TPSA) is 54.3 Å². The zero-order chi connectivity index (χ0) is 17.3. The molecule has 0 atom stereocenters. The highest BCUT2D eigenvalue weighted by atomic mass is 35.5. The number of hydrogen-bond donors (Lipinski definition) is 2. The van der Waals surface area contributed by atoms with Crippen molar-refractivity contribution in [1.82, 2.24) is 5.32 Å². The lowest BCUT2D eigenvalue weighted by molar-refractivity contribution is 0.0952. The van der Waals surface area contributed by atoms with Gasteiger partial charge < -0.3 is 9.73 Å². The fourth-order valence-corrected chi connectivity index (χ4v) is 2.84. The van der Waals surface area contributed by atoms with Crippen molar-refractivity contribution >= 4 is 63.1 Å². The van der Waals surface area contributed by atoms with E-state index in [0.29, 0.717) is 21.3 Å². The molecule has 3 aromatic rings. The van der Waals surface area contributed by atoms with Crippen LogP contribution in [-0.2, 0) is 0 Å². The largest absolute Gasteiger partial charge is 0.451 e. The van der Waals surface area contributed by atoms with Crippen LogP contribution < -0.4 is 10.6 Å². The standard InChI is InChI=1S/C17H12Cl2N2O2S/c1-9-11-4-2-3-5-14(11)23-15(9)16(22)21-17(24)20-13-8-10(18)6-7-12(13)19/h2-8H,1H3,(H2,20,21,22,24). The molecule has 0 spiro atoms. The number of carbonyl (C=O) groups excluding carboxylic acids is 1. The number of anilines is 1. The fourth-order valence-electron chi connectivity index (χ4n) is 2.30. The van der Waals surface area contributed by atoms with E-state index in [-0.39, 0.29) is 10.9 Å². The Morgan fingerprint density at radius 3 is 2.67 bits per heavy atom. The average molecular weight is 379 g/mol. The molecule has 2 aromatic carbocycles. The number of para-hydroxylation sites is 1. The number of aryl methyl sites for hydroxylation is 1. The number of furan rings is 1. The van der Waals surface area contributed by atoms with E-state index in [2.05, 4.69) is 10.6 Å². The van der Waals surface area contributed by atoms with Crippen LogP contribution in [-0.4, -0.2) is 11.0 Å². The molecule has 0 unspecified atom stereocenters. The van der Waals surface area contributed by atoms with Crippen LogP contribution in [0.4, 0.5) is 5.69 Å². The molecule has 0 radical (unpaired) electrons. The van der Waals surface area contributed by atoms with Crippen molar-refractivity contribution in [2.75, 3.05) is 5.32 Å². The smallest absolute Gasteiger partial charge is 0.293 e. The quantitative estimate of drug-likeness (QED) is 0.603. The molecular formula is C17H12Cl2N2O2S. The van der Waals surface area contributed by atoms with E-state index >= 15 is 0 Å². The molecule has 0 saturated carbocycles. The lowest BCUT2D eigenvalue weighted by Gasteiger charge is -2.10. The number of benzene rings is 2. The predicted octanol–water partition coefficient (Wildman–Crippen LogP) is 5.17. The molecule has 0 bridgehead atoms. The first kappa shape index (κ1) is 16.8. The van der Waals surface area contributed by atoms with Crippen molar-refractivity contribution in [2.45, 2.75) is 6.92 Å². The molecular weight excluding hydrogens is 367 g/mol. The molecule has 1 amide bonds. The van der Waals surface area contributed by atoms with Gasteiger partial charge in [-0.25, -0.2) is 0 Å². The average Bonchev–Trinajstić information content (AvgIpc) is 2.88. The summed E-state index contributed by atoms with van der Waals surface area (Å²) in [7, 11) is 0. The van der Waals surface area contributed by atoms with Gasteiger partial charge in [0.2, 0.25) is 0 Å². The molecule has 3 rings (SSSR count). The summed E-state index contributed by atoms with van der Waals surface area (Å²) in [6, 6.07) is 12.4. The maximum absolute atomic E-state index is 12.4. The summed E-state index contributed by atoms with van der Waals surface area (Å²) in [5, 5.41) is 7.36. The van der Waals surface area contributed by atoms with Gasteiger partial charge in [0.15, 0.2) is 10.9 Å². The van der Waals surface area contributed by atoms with Gasteiger partial charge in [-0.3, -0.25) is 10.1 Å². The lowest BCUT2D eigenvalue weighted by atomic mass is 10.1. The summed E-state index contributed by atoms with van der Waals surface area (Å²) in [5.41, 5.74) is 1.92. The highest BCUT2D eigenvalue weighted by Crippen LogP contribution is 2.26. The Balaban J connectivity index is 1.77. The van der Waals surface area contributed by atoms with Crippen LogP contribution in [0, 0.1) is 6.92 Å². The Kier molecular flexibility index (Phi) is 4.76. The number of thiocarbonyl (C=S) groups is 1. The number of amides is 1. The first-order chi connectivity index (χ1) is 11.5. The summed E-state index contributed by atoms with van der Waals surface area (Å²) in [4.78, 5) is 12.4. The van der Waals surface area contributed by atoms with Gasteiger partial charge in [0.25, 0.3) is 5.91 Å². The van der Waals surface area contributed by atoms with Crippen molar-refractivity contribution in [3.8, 4) is 0 Å². The third kappa shape index (κ3) is 3.38. The summed E-state index contributed by atoms with van der Waals surface area (Å²) in [6.07, 6.45) is 0. The van der Waals surface area contributed by atoms with Crippen LogP contribution in [0.1, 0.15) is 16.1 Å². The molecule has 24 heavy (non-hydrogen) atoms. The SMILES string of the molecule is Cc1c(C(=O)NC(=S)Nc2cc(Cl)ccc2Cl)oc2ccccc12. The van der Waals surface area contributed by atoms with Gasteiger partial charge in [-0.05, 0) is 43.4 Å². The first-order valence-corrected chi connectivity index (χ1v) is 8.17. The molecule has 0 aliphatic rings. The third-order valence-electron chi connectivity index (χ3n) is 3.45. The molecule has 122 valence electrons. The monoisotopic (exact) mass is 378 g/mol. The zero-order valence-electron chi connectivity index (χ0n) is 12.5. The molecule has 4 nitrogen and oxygen atoms in total. The van der Waals surface area contributed by atoms with E-state index in [0.717, 1.165) is 10.9 Å². The molecule has 0 saturated heterocycles. The number of rotatable bonds is 2. The Labute approximate surface area is 153 Å². The fraction of sp³-hybridized carbons (Fsp3) is 0.0588. The number of hydrogen-bond acceptors (Lipinski definition) is 3. The van der Waals surface area contributed by atoms with Crippen molar-refractivity contribution < 1.29 is 9.21 Å². The van der Waals surface area contributed by atoms with E-state index in [1.807, 2.05) is 25.1 Å². The van der Waals surface area contributed by atoms with Crippen LogP contribution in [0.25, 0.3) is 11.0 Å². The summed E-state index contributed by atoms with van der Waals surface area (Å²) >= 11 is 17.1. The van der Waals surface area contributed by atoms with Crippen molar-refractivity contribution in [3.05, 3.63) is 63.8 Å². The minimum Gasteiger partial charge on any atom is -0.451 e. The minimum absolute atomic E-state index is 0.101. The molecule has 2 N–H and O–H groups in total. The highest BCUT2D eigenvalue weighted by Gasteiger charge is 2.18. The second-order valence-electron chi connectivity index (χ2n) is 5.08. The molecule has 1 aromatic heterocycles. The normalized spacial score (nSPS) is 10.6. The van der Waals surface area contributed by atoms with Gasteiger partial charge in [-0.1, -0.05) is 41.4 Å². The summed E-state index contributed by atoms with van der Waals surface area (Å²) in [6.45, 7) is 1.82. The van der Waals surface area contributed by atoms with E-state index in [9.17, 15) is 4.79 Å². The van der Waals surface area contributed by atoms with Gasteiger partial charge in [0.05, 0.1) is 10.7 Å². The summed E-state index contributed by atoms with van der Waals surface area (Å²) < 4.78 is 5.61. The van der Waals surface area contributed by atoms with Crippen LogP contribution in [0.2, 0.25) is 10.0 Å². The van der Waals surface area contributed by atoms with E-state index < -0.39 is 5.91 Å². The van der Waals surface area contributed by atoms with Crippen LogP contribution in [0.5, 0.6) is 0 Å². The maximum Gasteiger partial charge on any atom is 0.293 e. The molecule has 1 heterocycles. The molecule has 0 fully saturated rings. The maximum atomic E-state index is 12.4. The van der Waals surface area contributed by atoms with E-state index in [4.69, 9.17) is 39.8 Å². The highest BCUT2D eigenvalue weighted by molar-refractivity contribution is 7.80. The van der Waals surface area contributed by atoms with Gasteiger partial charge in [-0.2, -0.15) is 0 Å². The second kappa shape index (κ2) is 6.81. The molecule has 7 heteroatoms. The van der Waals surface area contributed by atoms with Crippen molar-refractivity contribution in [1.29, 1.82) is 0 Å². The number of nitrogens with one attached hydrogen (secondary N) is 2. The third-order valence-corrected chi connectivity index (χ3v) is 4.22. The van der Waals surface area contributed by atoms with Gasteiger partial charge in [-0.15, -0.1) is 0 Å². The Morgan fingerprint density at radius 1 is 1.17 bits per heavy atom. The van der Waals surface area contributed by atoms with Gasteiger partial charge in [0, 0.05) is 16.0 Å². The summed E-state index contributed by atoms with van der Waals surface area (Å²) in [5.74, 6) is -0.211. The van der Waals surface area contributed by atoms with Crippen molar-refractivity contribution in [3.63, 3.8) is 0 Å².